The number of benzene rings is 3. The maximum Gasteiger partial charge on any atom is 0.210 e. The summed E-state index contributed by atoms with van der Waals surface area (Å²) in [5.74, 6) is -2.58. The van der Waals surface area contributed by atoms with Crippen LogP contribution in [0.1, 0.15) is 29.7 Å². The van der Waals surface area contributed by atoms with Crippen molar-refractivity contribution in [3.63, 3.8) is 0 Å². The van der Waals surface area contributed by atoms with E-state index in [0.717, 1.165) is 17.2 Å². The average Bonchev–Trinajstić information content (AvgIpc) is 2.68. The van der Waals surface area contributed by atoms with Crippen LogP contribution in [0.4, 0.5) is 8.78 Å². The molecule has 0 saturated heterocycles. The lowest BCUT2D eigenvalue weighted by atomic mass is 10.1. The van der Waals surface area contributed by atoms with E-state index in [4.69, 9.17) is 9.47 Å². The molecule has 1 atom stereocenters. The Morgan fingerprint density at radius 3 is 1.78 bits per heavy atom. The summed E-state index contributed by atoms with van der Waals surface area (Å²) in [6.45, 7) is 1.52. The Morgan fingerprint density at radius 1 is 0.815 bits per heavy atom. The zero-order valence-corrected chi connectivity index (χ0v) is 14.9. The van der Waals surface area contributed by atoms with Crippen molar-refractivity contribution in [1.82, 2.24) is 0 Å². The van der Waals surface area contributed by atoms with Gasteiger partial charge in [-0.15, -0.1) is 0 Å². The minimum Gasteiger partial charge on any atom is -0.485 e. The Kier molecular flexibility index (Phi) is 6.04. The number of halogens is 2. The van der Waals surface area contributed by atoms with Crippen LogP contribution >= 0.6 is 0 Å². The summed E-state index contributed by atoms with van der Waals surface area (Å²) in [5, 5.41) is 9.90. The van der Waals surface area contributed by atoms with E-state index in [0.29, 0.717) is 0 Å². The van der Waals surface area contributed by atoms with Crippen molar-refractivity contribution in [2.45, 2.75) is 26.2 Å². The van der Waals surface area contributed by atoms with Gasteiger partial charge in [0.05, 0.1) is 6.10 Å². The Bertz CT molecular complexity index is 881. The summed E-state index contributed by atoms with van der Waals surface area (Å²) in [7, 11) is 0. The molecule has 0 bridgehead atoms. The molecule has 3 nitrogen and oxygen atoms in total. The van der Waals surface area contributed by atoms with Gasteiger partial charge in [-0.05, 0) is 24.1 Å². The molecule has 0 fully saturated rings. The number of hydrogen-bond acceptors (Lipinski definition) is 3. The number of aliphatic hydroxyl groups is 1. The lowest BCUT2D eigenvalue weighted by Gasteiger charge is -2.18. The number of ether oxygens (including phenoxy) is 2. The molecule has 0 aliphatic carbocycles. The highest BCUT2D eigenvalue weighted by Crippen LogP contribution is 2.37. The first-order chi connectivity index (χ1) is 13.1. The minimum atomic E-state index is -1.09. The van der Waals surface area contributed by atoms with E-state index in [1.807, 2.05) is 48.5 Å². The predicted octanol–water partition coefficient (Wildman–Crippen LogP) is 5.18. The van der Waals surface area contributed by atoms with E-state index < -0.39 is 23.5 Å². The second kappa shape index (κ2) is 8.64. The summed E-state index contributed by atoms with van der Waals surface area (Å²) >= 11 is 0. The van der Waals surface area contributed by atoms with Gasteiger partial charge in [0.25, 0.3) is 0 Å². The van der Waals surface area contributed by atoms with Crippen molar-refractivity contribution in [3.8, 4) is 11.5 Å². The molecule has 3 aromatic rings. The van der Waals surface area contributed by atoms with Gasteiger partial charge >= 0.3 is 0 Å². The van der Waals surface area contributed by atoms with Crippen LogP contribution in [0.2, 0.25) is 0 Å². The molecule has 0 spiro atoms. The molecule has 0 radical (unpaired) electrons. The van der Waals surface area contributed by atoms with Gasteiger partial charge < -0.3 is 14.6 Å². The van der Waals surface area contributed by atoms with E-state index in [9.17, 15) is 13.9 Å². The molecule has 0 amide bonds. The zero-order chi connectivity index (χ0) is 19.2. The predicted molar refractivity (Wildman–Crippen MR) is 98.5 cm³/mol. The molecule has 140 valence electrons. The maximum atomic E-state index is 15.0. The molecule has 5 heteroatoms. The lowest BCUT2D eigenvalue weighted by Crippen LogP contribution is -2.08. The van der Waals surface area contributed by atoms with E-state index in [2.05, 4.69) is 0 Å². The van der Waals surface area contributed by atoms with Gasteiger partial charge in [0, 0.05) is 5.56 Å². The molecule has 3 aromatic carbocycles. The third-order valence-corrected chi connectivity index (χ3v) is 4.06. The van der Waals surface area contributed by atoms with E-state index in [1.165, 1.54) is 6.92 Å². The summed E-state index contributed by atoms with van der Waals surface area (Å²) < 4.78 is 40.3. The van der Waals surface area contributed by atoms with Gasteiger partial charge in [-0.2, -0.15) is 4.39 Å². The Balaban J connectivity index is 1.87. The van der Waals surface area contributed by atoms with Crippen LogP contribution in [-0.2, 0) is 13.2 Å². The lowest BCUT2D eigenvalue weighted by molar-refractivity contribution is 0.184. The van der Waals surface area contributed by atoms with Crippen molar-refractivity contribution in [3.05, 3.63) is 95.1 Å². The number of aliphatic hydroxyl groups excluding tert-OH is 1. The molecular formula is C22H20F2O3. The first kappa shape index (κ1) is 18.9. The molecule has 1 unspecified atom stereocenters. The fraction of sp³-hybridized carbons (Fsp3) is 0.182. The zero-order valence-electron chi connectivity index (χ0n) is 14.9. The summed E-state index contributed by atoms with van der Waals surface area (Å²) in [4.78, 5) is 0. The molecule has 3 rings (SSSR count). The summed E-state index contributed by atoms with van der Waals surface area (Å²) in [6, 6.07) is 19.3. The highest BCUT2D eigenvalue weighted by molar-refractivity contribution is 5.45. The van der Waals surface area contributed by atoms with Crippen molar-refractivity contribution in [2.75, 3.05) is 0 Å². The van der Waals surface area contributed by atoms with E-state index in [-0.39, 0.29) is 24.5 Å². The summed E-state index contributed by atoms with van der Waals surface area (Å²) in [5.41, 5.74) is 1.64. The summed E-state index contributed by atoms with van der Waals surface area (Å²) in [6.07, 6.45) is -1.09. The normalized spacial score (nSPS) is 11.9. The number of hydrogen-bond donors (Lipinski definition) is 1. The molecule has 0 aliphatic rings. The van der Waals surface area contributed by atoms with Crippen LogP contribution in [0, 0.1) is 11.6 Å². The first-order valence-corrected chi connectivity index (χ1v) is 8.59. The van der Waals surface area contributed by atoms with Gasteiger partial charge in [-0.25, -0.2) is 4.39 Å². The van der Waals surface area contributed by atoms with Crippen LogP contribution < -0.4 is 9.47 Å². The quantitative estimate of drug-likeness (QED) is 0.623. The standard InChI is InChI=1S/C22H20F2O3/c1-15(25)18-12-19(23)22(27-14-17-10-6-3-7-11-17)20(24)21(18)26-13-16-8-4-2-5-9-16/h2-12,15,25H,13-14H2,1H3. The van der Waals surface area contributed by atoms with E-state index >= 15 is 0 Å². The molecule has 1 N–H and O–H groups in total. The second-order valence-electron chi connectivity index (χ2n) is 6.14. The van der Waals surface area contributed by atoms with Gasteiger partial charge in [-0.3, -0.25) is 0 Å². The van der Waals surface area contributed by atoms with Gasteiger partial charge in [0.15, 0.2) is 17.3 Å². The van der Waals surface area contributed by atoms with Gasteiger partial charge in [0.2, 0.25) is 5.82 Å². The fourth-order valence-corrected chi connectivity index (χ4v) is 2.65. The van der Waals surface area contributed by atoms with Crippen molar-refractivity contribution < 1.29 is 23.4 Å². The molecule has 0 aromatic heterocycles. The maximum absolute atomic E-state index is 15.0. The third-order valence-electron chi connectivity index (χ3n) is 4.06. The highest BCUT2D eigenvalue weighted by Gasteiger charge is 2.23. The second-order valence-corrected chi connectivity index (χ2v) is 6.14. The van der Waals surface area contributed by atoms with Crippen LogP contribution in [0.3, 0.4) is 0 Å². The number of rotatable bonds is 7. The van der Waals surface area contributed by atoms with Crippen LogP contribution in [-0.4, -0.2) is 5.11 Å². The fourth-order valence-electron chi connectivity index (χ4n) is 2.65. The minimum absolute atomic E-state index is 0.0147. The molecule has 0 heterocycles. The van der Waals surface area contributed by atoms with E-state index in [1.54, 1.807) is 12.1 Å². The average molecular weight is 370 g/mol. The highest BCUT2D eigenvalue weighted by atomic mass is 19.1. The monoisotopic (exact) mass is 370 g/mol. The Hall–Kier alpha value is -2.92. The van der Waals surface area contributed by atoms with Crippen molar-refractivity contribution in [1.29, 1.82) is 0 Å². The third kappa shape index (κ3) is 4.63. The van der Waals surface area contributed by atoms with Crippen LogP contribution in [0.15, 0.2) is 66.7 Å². The van der Waals surface area contributed by atoms with Crippen molar-refractivity contribution in [2.24, 2.45) is 0 Å². The molecular weight excluding hydrogens is 350 g/mol. The molecule has 0 aliphatic heterocycles. The smallest absolute Gasteiger partial charge is 0.210 e. The van der Waals surface area contributed by atoms with Crippen LogP contribution in [0.5, 0.6) is 11.5 Å². The first-order valence-electron chi connectivity index (χ1n) is 8.59. The molecule has 27 heavy (non-hydrogen) atoms. The largest absolute Gasteiger partial charge is 0.485 e. The van der Waals surface area contributed by atoms with Crippen LogP contribution in [0.25, 0.3) is 0 Å². The van der Waals surface area contributed by atoms with Gasteiger partial charge in [0.1, 0.15) is 13.2 Å². The Labute approximate surface area is 156 Å². The van der Waals surface area contributed by atoms with Gasteiger partial charge in [-0.1, -0.05) is 60.7 Å². The SMILES string of the molecule is CC(O)c1cc(F)c(OCc2ccccc2)c(F)c1OCc1ccccc1. The van der Waals surface area contributed by atoms with Crippen molar-refractivity contribution >= 4 is 0 Å². The Morgan fingerprint density at radius 2 is 1.30 bits per heavy atom. The molecule has 0 saturated carbocycles. The topological polar surface area (TPSA) is 38.7 Å².